The van der Waals surface area contributed by atoms with Crippen molar-refractivity contribution in [2.75, 3.05) is 11.9 Å². The van der Waals surface area contributed by atoms with E-state index >= 15 is 0 Å². The number of carbonyl (C=O) groups is 1. The van der Waals surface area contributed by atoms with Crippen molar-refractivity contribution in [2.24, 2.45) is 0 Å². The second kappa shape index (κ2) is 4.16. The summed E-state index contributed by atoms with van der Waals surface area (Å²) in [5.41, 5.74) is 2.41. The largest absolute Gasteiger partial charge is 0.480 e. The molecule has 0 aliphatic rings. The Labute approximate surface area is 96.7 Å². The number of hydrogen-bond donors (Lipinski definition) is 1. The molecule has 3 heteroatoms. The van der Waals surface area contributed by atoms with E-state index in [1.807, 2.05) is 32.0 Å². The molecule has 0 aliphatic carbocycles. The first-order valence-corrected chi connectivity index (χ1v) is 5.31. The fourth-order valence-corrected chi connectivity index (χ4v) is 1.40. The van der Waals surface area contributed by atoms with E-state index in [-0.39, 0.29) is 0 Å². The van der Waals surface area contributed by atoms with Gasteiger partial charge in [-0.2, -0.15) is 0 Å². The van der Waals surface area contributed by atoms with Gasteiger partial charge in [-0.1, -0.05) is 6.07 Å². The molecule has 0 radical (unpaired) electrons. The summed E-state index contributed by atoms with van der Waals surface area (Å²) in [6.45, 7) is 7.47. The normalized spacial score (nSPS) is 11.3. The van der Waals surface area contributed by atoms with Gasteiger partial charge < -0.3 is 10.0 Å². The minimum absolute atomic E-state index is 0.826. The van der Waals surface area contributed by atoms with E-state index in [0.29, 0.717) is 0 Å². The highest BCUT2D eigenvalue weighted by atomic mass is 16.4. The molecule has 0 spiro atoms. The van der Waals surface area contributed by atoms with Crippen molar-refractivity contribution in [3.63, 3.8) is 0 Å². The molecule has 1 aromatic rings. The van der Waals surface area contributed by atoms with Gasteiger partial charge in [0, 0.05) is 12.7 Å². The van der Waals surface area contributed by atoms with Crippen LogP contribution in [0.5, 0.6) is 0 Å². The number of rotatable bonds is 3. The third-order valence-electron chi connectivity index (χ3n) is 3.24. The smallest absolute Gasteiger partial charge is 0.328 e. The van der Waals surface area contributed by atoms with Crippen LogP contribution < -0.4 is 4.90 Å². The maximum Gasteiger partial charge on any atom is 0.328 e. The van der Waals surface area contributed by atoms with Gasteiger partial charge in [0.25, 0.3) is 0 Å². The predicted molar refractivity (Wildman–Crippen MR) is 66.0 cm³/mol. The second-order valence-electron chi connectivity index (χ2n) is 4.69. The van der Waals surface area contributed by atoms with E-state index in [1.54, 1.807) is 25.8 Å². The van der Waals surface area contributed by atoms with Crippen LogP contribution in [0.2, 0.25) is 0 Å². The van der Waals surface area contributed by atoms with Crippen LogP contribution in [-0.2, 0) is 4.79 Å². The zero-order valence-electron chi connectivity index (χ0n) is 10.5. The average Bonchev–Trinajstić information content (AvgIpc) is 2.20. The molecule has 0 aliphatic heterocycles. The van der Waals surface area contributed by atoms with Crippen molar-refractivity contribution in [2.45, 2.75) is 33.2 Å². The molecule has 3 nitrogen and oxygen atoms in total. The lowest BCUT2D eigenvalue weighted by Gasteiger charge is -2.33. The Kier molecular flexibility index (Phi) is 3.27. The topological polar surface area (TPSA) is 40.5 Å². The molecule has 0 fully saturated rings. The van der Waals surface area contributed by atoms with Gasteiger partial charge in [-0.15, -0.1) is 0 Å². The number of carboxylic acids is 1. The number of aliphatic carboxylic acids is 1. The van der Waals surface area contributed by atoms with Crippen LogP contribution in [0.4, 0.5) is 5.69 Å². The predicted octanol–water partition coefficient (Wildman–Crippen LogP) is 2.60. The van der Waals surface area contributed by atoms with Gasteiger partial charge >= 0.3 is 5.97 Å². The monoisotopic (exact) mass is 221 g/mol. The quantitative estimate of drug-likeness (QED) is 0.853. The molecule has 0 atom stereocenters. The first kappa shape index (κ1) is 12.6. The summed E-state index contributed by atoms with van der Waals surface area (Å²) in [4.78, 5) is 12.9. The van der Waals surface area contributed by atoms with Crippen LogP contribution in [-0.4, -0.2) is 23.7 Å². The third-order valence-corrected chi connectivity index (χ3v) is 3.24. The number of anilines is 1. The molecule has 1 N–H and O–H groups in total. The Morgan fingerprint density at radius 1 is 1.25 bits per heavy atom. The summed E-state index contributed by atoms with van der Waals surface area (Å²) in [6, 6.07) is 5.98. The SMILES string of the molecule is Cc1ccc(N(C)C(C)(C)C(=O)O)cc1C. The molecule has 16 heavy (non-hydrogen) atoms. The van der Waals surface area contributed by atoms with Gasteiger partial charge in [0.15, 0.2) is 0 Å². The van der Waals surface area contributed by atoms with Crippen molar-refractivity contribution in [1.29, 1.82) is 0 Å². The molecular formula is C13H19NO2. The van der Waals surface area contributed by atoms with Gasteiger partial charge in [-0.05, 0) is 51.0 Å². The standard InChI is InChI=1S/C13H19NO2/c1-9-6-7-11(8-10(9)2)14(5)13(3,4)12(15)16/h6-8H,1-5H3,(H,15,16). The molecule has 0 heterocycles. The molecule has 0 amide bonds. The Hall–Kier alpha value is -1.51. The number of likely N-dealkylation sites (N-methyl/N-ethyl adjacent to an activating group) is 1. The Morgan fingerprint density at radius 2 is 1.81 bits per heavy atom. The van der Waals surface area contributed by atoms with Crippen LogP contribution in [0.1, 0.15) is 25.0 Å². The maximum atomic E-state index is 11.1. The summed E-state index contributed by atoms with van der Waals surface area (Å²) in [5, 5.41) is 9.16. The summed E-state index contributed by atoms with van der Waals surface area (Å²) in [5.74, 6) is -0.826. The lowest BCUT2D eigenvalue weighted by Crippen LogP contribution is -2.48. The van der Waals surface area contributed by atoms with Gasteiger partial charge in [0.1, 0.15) is 5.54 Å². The van der Waals surface area contributed by atoms with E-state index < -0.39 is 11.5 Å². The van der Waals surface area contributed by atoms with Gasteiger partial charge in [0.05, 0.1) is 0 Å². The summed E-state index contributed by atoms with van der Waals surface area (Å²) in [7, 11) is 1.80. The van der Waals surface area contributed by atoms with Crippen molar-refractivity contribution in [3.05, 3.63) is 29.3 Å². The van der Waals surface area contributed by atoms with Crippen LogP contribution >= 0.6 is 0 Å². The van der Waals surface area contributed by atoms with Crippen molar-refractivity contribution in [3.8, 4) is 0 Å². The molecule has 88 valence electrons. The molecule has 0 unspecified atom stereocenters. The van der Waals surface area contributed by atoms with Crippen LogP contribution in [0, 0.1) is 13.8 Å². The summed E-state index contributed by atoms with van der Waals surface area (Å²) in [6.07, 6.45) is 0. The summed E-state index contributed by atoms with van der Waals surface area (Å²) >= 11 is 0. The van der Waals surface area contributed by atoms with Crippen molar-refractivity contribution < 1.29 is 9.90 Å². The van der Waals surface area contributed by atoms with Crippen LogP contribution in [0.3, 0.4) is 0 Å². The fraction of sp³-hybridized carbons (Fsp3) is 0.462. The number of aryl methyl sites for hydroxylation is 2. The molecular weight excluding hydrogens is 202 g/mol. The highest BCUT2D eigenvalue weighted by Crippen LogP contribution is 2.24. The zero-order chi connectivity index (χ0) is 12.5. The molecule has 0 aromatic heterocycles. The second-order valence-corrected chi connectivity index (χ2v) is 4.69. The minimum atomic E-state index is -0.901. The van der Waals surface area contributed by atoms with E-state index in [2.05, 4.69) is 0 Å². The van der Waals surface area contributed by atoms with Crippen molar-refractivity contribution in [1.82, 2.24) is 0 Å². The first-order valence-electron chi connectivity index (χ1n) is 5.31. The lowest BCUT2D eigenvalue weighted by molar-refractivity contribution is -0.142. The maximum absolute atomic E-state index is 11.1. The number of nitrogens with zero attached hydrogens (tertiary/aromatic N) is 1. The summed E-state index contributed by atoms with van der Waals surface area (Å²) < 4.78 is 0. The third kappa shape index (κ3) is 2.18. The number of carboxylic acid groups (broad SMARTS) is 1. The Morgan fingerprint density at radius 3 is 2.25 bits per heavy atom. The van der Waals surface area contributed by atoms with Crippen molar-refractivity contribution >= 4 is 11.7 Å². The molecule has 0 saturated heterocycles. The van der Waals surface area contributed by atoms with E-state index in [4.69, 9.17) is 5.11 Å². The number of benzene rings is 1. The highest BCUT2D eigenvalue weighted by Gasteiger charge is 2.32. The van der Waals surface area contributed by atoms with Crippen LogP contribution in [0.25, 0.3) is 0 Å². The van der Waals surface area contributed by atoms with Crippen LogP contribution in [0.15, 0.2) is 18.2 Å². The molecule has 1 aromatic carbocycles. The molecule has 1 rings (SSSR count). The average molecular weight is 221 g/mol. The molecule has 0 bridgehead atoms. The first-order chi connectivity index (χ1) is 7.26. The molecule has 0 saturated carbocycles. The van der Waals surface area contributed by atoms with E-state index in [0.717, 1.165) is 5.69 Å². The lowest BCUT2D eigenvalue weighted by atomic mass is 10.0. The van der Waals surface area contributed by atoms with E-state index in [1.165, 1.54) is 11.1 Å². The highest BCUT2D eigenvalue weighted by molar-refractivity contribution is 5.82. The van der Waals surface area contributed by atoms with Gasteiger partial charge in [0.2, 0.25) is 0 Å². The van der Waals surface area contributed by atoms with Gasteiger partial charge in [-0.25, -0.2) is 4.79 Å². The minimum Gasteiger partial charge on any atom is -0.480 e. The Balaban J connectivity index is 3.10. The Bertz CT molecular complexity index is 410. The van der Waals surface area contributed by atoms with E-state index in [9.17, 15) is 4.79 Å². The number of hydrogen-bond acceptors (Lipinski definition) is 2. The zero-order valence-corrected chi connectivity index (χ0v) is 10.5. The van der Waals surface area contributed by atoms with Gasteiger partial charge in [-0.3, -0.25) is 0 Å². The fourth-order valence-electron chi connectivity index (χ4n) is 1.40.